The Morgan fingerprint density at radius 3 is 2.65 bits per heavy atom. The molecule has 0 unspecified atom stereocenters. The molecule has 118 valence electrons. The van der Waals surface area contributed by atoms with E-state index in [9.17, 15) is 5.11 Å². The summed E-state index contributed by atoms with van der Waals surface area (Å²) in [6.07, 6.45) is 1.66. The molecule has 5 heteroatoms. The van der Waals surface area contributed by atoms with Gasteiger partial charge in [-0.05, 0) is 41.5 Å². The summed E-state index contributed by atoms with van der Waals surface area (Å²) in [5.41, 5.74) is 9.14. The smallest absolute Gasteiger partial charge is 0.165 e. The molecule has 1 aromatic heterocycles. The fourth-order valence-electron chi connectivity index (χ4n) is 2.76. The van der Waals surface area contributed by atoms with Crippen LogP contribution in [-0.2, 0) is 6.54 Å². The van der Waals surface area contributed by atoms with Crippen LogP contribution >= 0.6 is 0 Å². The Morgan fingerprint density at radius 2 is 1.96 bits per heavy atom. The number of pyridine rings is 1. The SMILES string of the molecule is COc1cc(-c2ccc(O)c3ncccc23)cc(CN)c1OC. The van der Waals surface area contributed by atoms with E-state index >= 15 is 0 Å². The monoisotopic (exact) mass is 310 g/mol. The number of nitrogens with zero attached hydrogens (tertiary/aromatic N) is 1. The molecule has 0 aliphatic carbocycles. The minimum atomic E-state index is 0.156. The highest BCUT2D eigenvalue weighted by molar-refractivity contribution is 5.98. The second-order valence-electron chi connectivity index (χ2n) is 5.11. The molecule has 0 fully saturated rings. The first-order valence-corrected chi connectivity index (χ1v) is 7.21. The summed E-state index contributed by atoms with van der Waals surface area (Å²) in [6, 6.07) is 11.1. The predicted molar refractivity (Wildman–Crippen MR) is 89.8 cm³/mol. The Balaban J connectivity index is 2.29. The number of aromatic hydroxyl groups is 1. The van der Waals surface area contributed by atoms with Gasteiger partial charge in [0.05, 0.1) is 14.2 Å². The maximum Gasteiger partial charge on any atom is 0.165 e. The number of benzene rings is 2. The molecule has 2 aromatic carbocycles. The molecule has 0 aliphatic rings. The van der Waals surface area contributed by atoms with Gasteiger partial charge < -0.3 is 20.3 Å². The third-order valence-electron chi connectivity index (χ3n) is 3.84. The van der Waals surface area contributed by atoms with Crippen LogP contribution in [0.15, 0.2) is 42.6 Å². The van der Waals surface area contributed by atoms with Crippen molar-refractivity contribution in [2.45, 2.75) is 6.54 Å². The van der Waals surface area contributed by atoms with Gasteiger partial charge in [-0.1, -0.05) is 6.07 Å². The molecule has 3 aromatic rings. The molecule has 0 saturated heterocycles. The van der Waals surface area contributed by atoms with Crippen LogP contribution in [-0.4, -0.2) is 24.3 Å². The normalized spacial score (nSPS) is 10.7. The molecular weight excluding hydrogens is 292 g/mol. The number of phenols is 1. The van der Waals surface area contributed by atoms with Crippen molar-refractivity contribution >= 4 is 10.9 Å². The number of methoxy groups -OCH3 is 2. The van der Waals surface area contributed by atoms with E-state index in [-0.39, 0.29) is 5.75 Å². The predicted octanol–water partition coefficient (Wildman–Crippen LogP) is 3.08. The molecule has 1 heterocycles. The van der Waals surface area contributed by atoms with Crippen molar-refractivity contribution in [3.8, 4) is 28.4 Å². The molecule has 23 heavy (non-hydrogen) atoms. The third kappa shape index (κ3) is 2.55. The second-order valence-corrected chi connectivity index (χ2v) is 5.11. The number of fused-ring (bicyclic) bond motifs is 1. The minimum Gasteiger partial charge on any atom is -0.506 e. The van der Waals surface area contributed by atoms with Gasteiger partial charge in [0.25, 0.3) is 0 Å². The zero-order valence-corrected chi connectivity index (χ0v) is 13.0. The lowest BCUT2D eigenvalue weighted by atomic mass is 9.97. The highest BCUT2D eigenvalue weighted by Crippen LogP contribution is 2.39. The molecule has 0 atom stereocenters. The van der Waals surface area contributed by atoms with E-state index in [1.54, 1.807) is 26.5 Å². The van der Waals surface area contributed by atoms with Crippen LogP contribution in [0.25, 0.3) is 22.0 Å². The fourth-order valence-corrected chi connectivity index (χ4v) is 2.76. The fraction of sp³-hybridized carbons (Fsp3) is 0.167. The average molecular weight is 310 g/mol. The number of rotatable bonds is 4. The number of nitrogens with two attached hydrogens (primary N) is 1. The van der Waals surface area contributed by atoms with Crippen LogP contribution in [0.1, 0.15) is 5.56 Å². The lowest BCUT2D eigenvalue weighted by Gasteiger charge is -2.15. The number of ether oxygens (including phenoxy) is 2. The van der Waals surface area contributed by atoms with Crippen molar-refractivity contribution in [3.05, 3.63) is 48.2 Å². The summed E-state index contributed by atoms with van der Waals surface area (Å²) in [7, 11) is 3.19. The van der Waals surface area contributed by atoms with Gasteiger partial charge in [-0.2, -0.15) is 0 Å². The Kier molecular flexibility index (Phi) is 4.04. The number of hydrogen-bond acceptors (Lipinski definition) is 5. The molecule has 0 saturated carbocycles. The highest BCUT2D eigenvalue weighted by atomic mass is 16.5. The molecule has 3 rings (SSSR count). The van der Waals surface area contributed by atoms with Crippen LogP contribution in [0, 0.1) is 0 Å². The van der Waals surface area contributed by atoms with Gasteiger partial charge in [0.2, 0.25) is 0 Å². The minimum absolute atomic E-state index is 0.156. The summed E-state index contributed by atoms with van der Waals surface area (Å²) in [5, 5.41) is 10.9. The van der Waals surface area contributed by atoms with E-state index in [2.05, 4.69) is 4.98 Å². The van der Waals surface area contributed by atoms with Gasteiger partial charge in [0, 0.05) is 23.7 Å². The first-order valence-electron chi connectivity index (χ1n) is 7.21. The molecule has 0 aliphatic heterocycles. The summed E-state index contributed by atoms with van der Waals surface area (Å²) >= 11 is 0. The van der Waals surface area contributed by atoms with E-state index in [4.69, 9.17) is 15.2 Å². The van der Waals surface area contributed by atoms with Crippen LogP contribution in [0.5, 0.6) is 17.2 Å². The van der Waals surface area contributed by atoms with E-state index < -0.39 is 0 Å². The van der Waals surface area contributed by atoms with Crippen LogP contribution in [0.2, 0.25) is 0 Å². The largest absolute Gasteiger partial charge is 0.506 e. The van der Waals surface area contributed by atoms with Crippen molar-refractivity contribution in [2.24, 2.45) is 5.73 Å². The van der Waals surface area contributed by atoms with Crippen LogP contribution < -0.4 is 15.2 Å². The maximum atomic E-state index is 10.00. The van der Waals surface area contributed by atoms with E-state index in [0.29, 0.717) is 23.6 Å². The zero-order valence-electron chi connectivity index (χ0n) is 13.0. The molecular formula is C18H18N2O3. The Bertz CT molecular complexity index is 837. The summed E-state index contributed by atoms with van der Waals surface area (Å²) in [5.74, 6) is 1.42. The van der Waals surface area contributed by atoms with Gasteiger partial charge in [-0.15, -0.1) is 0 Å². The molecule has 0 radical (unpaired) electrons. The van der Waals surface area contributed by atoms with Gasteiger partial charge >= 0.3 is 0 Å². The van der Waals surface area contributed by atoms with Gasteiger partial charge in [0.1, 0.15) is 11.3 Å². The van der Waals surface area contributed by atoms with Crippen LogP contribution in [0.4, 0.5) is 0 Å². The van der Waals surface area contributed by atoms with Crippen molar-refractivity contribution in [3.63, 3.8) is 0 Å². The number of phenolic OH excluding ortho intramolecular Hbond substituents is 1. The van der Waals surface area contributed by atoms with E-state index in [1.165, 1.54) is 0 Å². The Labute approximate surface area is 134 Å². The third-order valence-corrected chi connectivity index (χ3v) is 3.84. The highest BCUT2D eigenvalue weighted by Gasteiger charge is 2.15. The lowest BCUT2D eigenvalue weighted by Crippen LogP contribution is -2.02. The van der Waals surface area contributed by atoms with Gasteiger partial charge in [-0.25, -0.2) is 0 Å². The molecule has 0 amide bonds. The number of aromatic nitrogens is 1. The lowest BCUT2D eigenvalue weighted by molar-refractivity contribution is 0.352. The van der Waals surface area contributed by atoms with Crippen molar-refractivity contribution in [2.75, 3.05) is 14.2 Å². The zero-order chi connectivity index (χ0) is 16.4. The van der Waals surface area contributed by atoms with Crippen molar-refractivity contribution in [1.82, 2.24) is 4.98 Å². The van der Waals surface area contributed by atoms with Gasteiger partial charge in [0.15, 0.2) is 11.5 Å². The first-order chi connectivity index (χ1) is 11.2. The van der Waals surface area contributed by atoms with Gasteiger partial charge in [-0.3, -0.25) is 4.98 Å². The van der Waals surface area contributed by atoms with E-state index in [0.717, 1.165) is 22.1 Å². The summed E-state index contributed by atoms with van der Waals surface area (Å²) in [4.78, 5) is 4.26. The second kappa shape index (κ2) is 6.14. The molecule has 0 spiro atoms. The number of hydrogen-bond donors (Lipinski definition) is 2. The standard InChI is InChI=1S/C18H18N2O3/c1-22-16-9-11(8-12(10-19)18(16)23-2)13-5-6-15(21)17-14(13)4-3-7-20-17/h3-9,21H,10,19H2,1-2H3. The van der Waals surface area contributed by atoms with Crippen LogP contribution in [0.3, 0.4) is 0 Å². The molecule has 0 bridgehead atoms. The van der Waals surface area contributed by atoms with Crippen molar-refractivity contribution in [1.29, 1.82) is 0 Å². The first kappa shape index (κ1) is 15.1. The summed E-state index contributed by atoms with van der Waals surface area (Å²) in [6.45, 7) is 0.335. The quantitative estimate of drug-likeness (QED) is 0.774. The molecule has 5 nitrogen and oxygen atoms in total. The molecule has 3 N–H and O–H groups in total. The topological polar surface area (TPSA) is 77.6 Å². The average Bonchev–Trinajstić information content (AvgIpc) is 2.61. The van der Waals surface area contributed by atoms with Crippen molar-refractivity contribution < 1.29 is 14.6 Å². The Hall–Kier alpha value is -2.79. The van der Waals surface area contributed by atoms with E-state index in [1.807, 2.05) is 30.3 Å². The Morgan fingerprint density at radius 1 is 1.13 bits per heavy atom. The summed E-state index contributed by atoms with van der Waals surface area (Å²) < 4.78 is 10.8. The maximum absolute atomic E-state index is 10.00.